The maximum atomic E-state index is 13.5. The molecule has 0 aromatic heterocycles. The second-order valence-corrected chi connectivity index (χ2v) is 6.78. The second kappa shape index (κ2) is 6.48. The number of ether oxygens (including phenoxy) is 1. The fourth-order valence-electron chi connectivity index (χ4n) is 3.91. The van der Waals surface area contributed by atoms with Crippen molar-refractivity contribution in [1.82, 2.24) is 10.2 Å². The minimum Gasteiger partial charge on any atom is -0.376 e. The highest BCUT2D eigenvalue weighted by molar-refractivity contribution is 6.10. The average molecular weight is 337 g/mol. The summed E-state index contributed by atoms with van der Waals surface area (Å²) in [4.78, 5) is 15.1. The number of nitrogens with one attached hydrogen (secondary N) is 2. The Labute approximate surface area is 147 Å². The molecule has 130 valence electrons. The molecule has 25 heavy (non-hydrogen) atoms. The highest BCUT2D eigenvalue weighted by Gasteiger charge is 2.53. The summed E-state index contributed by atoms with van der Waals surface area (Å²) in [5.74, 6) is 0.0706. The van der Waals surface area contributed by atoms with E-state index in [1.807, 2.05) is 36.4 Å². The molecule has 0 radical (unpaired) electrons. The van der Waals surface area contributed by atoms with Crippen LogP contribution in [0.25, 0.3) is 0 Å². The lowest BCUT2D eigenvalue weighted by molar-refractivity contribution is -0.131. The summed E-state index contributed by atoms with van der Waals surface area (Å²) in [7, 11) is 0. The molecule has 0 saturated carbocycles. The van der Waals surface area contributed by atoms with E-state index in [-0.39, 0.29) is 18.0 Å². The van der Waals surface area contributed by atoms with Crippen molar-refractivity contribution in [2.75, 3.05) is 13.2 Å². The molecule has 4 rings (SSSR count). The molecule has 2 unspecified atom stereocenters. The molecule has 5 nitrogen and oxygen atoms in total. The molecule has 3 aliphatic rings. The van der Waals surface area contributed by atoms with Gasteiger partial charge in [-0.2, -0.15) is 0 Å². The molecule has 5 heteroatoms. The molecule has 2 aliphatic heterocycles. The van der Waals surface area contributed by atoms with Crippen LogP contribution < -0.4 is 5.32 Å². The molecule has 1 aromatic carbocycles. The molecular formula is C20H23N3O2. The van der Waals surface area contributed by atoms with E-state index in [2.05, 4.69) is 17.5 Å². The molecule has 1 aromatic rings. The van der Waals surface area contributed by atoms with E-state index in [4.69, 9.17) is 10.1 Å². The number of hydrogen-bond acceptors (Lipinski definition) is 3. The Balaban J connectivity index is 1.74. The zero-order valence-electron chi connectivity index (χ0n) is 14.2. The third kappa shape index (κ3) is 2.68. The Hall–Kier alpha value is -2.40. The maximum Gasteiger partial charge on any atom is 0.264 e. The molecular weight excluding hydrogens is 314 g/mol. The van der Waals surface area contributed by atoms with Gasteiger partial charge in [-0.25, -0.2) is 0 Å². The lowest BCUT2D eigenvalue weighted by Crippen LogP contribution is -2.46. The Bertz CT molecular complexity index is 735. The number of carbonyl (C=O) groups excluding carboxylic acids is 1. The Kier molecular flexibility index (Phi) is 4.17. The van der Waals surface area contributed by atoms with Crippen molar-refractivity contribution in [3.63, 3.8) is 0 Å². The van der Waals surface area contributed by atoms with Gasteiger partial charge in [0.15, 0.2) is 11.5 Å². The van der Waals surface area contributed by atoms with E-state index in [0.29, 0.717) is 6.54 Å². The van der Waals surface area contributed by atoms with Gasteiger partial charge in [0.05, 0.1) is 12.6 Å². The zero-order chi connectivity index (χ0) is 17.3. The van der Waals surface area contributed by atoms with Crippen LogP contribution in [0.4, 0.5) is 0 Å². The van der Waals surface area contributed by atoms with E-state index >= 15 is 0 Å². The van der Waals surface area contributed by atoms with Crippen LogP contribution in [-0.2, 0) is 15.1 Å². The molecule has 0 bridgehead atoms. The second-order valence-electron chi connectivity index (χ2n) is 6.78. The van der Waals surface area contributed by atoms with Gasteiger partial charge in [0.25, 0.3) is 5.91 Å². The van der Waals surface area contributed by atoms with E-state index in [1.165, 1.54) is 0 Å². The largest absolute Gasteiger partial charge is 0.376 e. The average Bonchev–Trinajstić information content (AvgIpc) is 3.26. The fraction of sp³-hybridized carbons (Fsp3) is 0.400. The summed E-state index contributed by atoms with van der Waals surface area (Å²) in [6.45, 7) is 1.18. The summed E-state index contributed by atoms with van der Waals surface area (Å²) in [6, 6.07) is 9.72. The topological polar surface area (TPSA) is 65.4 Å². The summed E-state index contributed by atoms with van der Waals surface area (Å²) in [6.07, 6.45) is 10.1. The third-order valence-corrected chi connectivity index (χ3v) is 5.19. The number of allylic oxidation sites excluding steroid dienone is 2. The summed E-state index contributed by atoms with van der Waals surface area (Å²) < 4.78 is 5.68. The van der Waals surface area contributed by atoms with Gasteiger partial charge in [-0.15, -0.1) is 0 Å². The summed E-state index contributed by atoms with van der Waals surface area (Å²) in [5.41, 5.74) is 0.792. The minimum absolute atomic E-state index is 0.0218. The van der Waals surface area contributed by atoms with Crippen molar-refractivity contribution in [1.29, 1.82) is 5.41 Å². The van der Waals surface area contributed by atoms with Crippen molar-refractivity contribution in [3.8, 4) is 0 Å². The Morgan fingerprint density at radius 3 is 2.80 bits per heavy atom. The molecule has 2 fully saturated rings. The van der Waals surface area contributed by atoms with Crippen LogP contribution in [0.5, 0.6) is 0 Å². The maximum absolute atomic E-state index is 13.5. The van der Waals surface area contributed by atoms with Crippen LogP contribution in [0, 0.1) is 5.41 Å². The fourth-order valence-corrected chi connectivity index (χ4v) is 3.91. The first kappa shape index (κ1) is 16.1. The van der Waals surface area contributed by atoms with Gasteiger partial charge in [0.2, 0.25) is 0 Å². The van der Waals surface area contributed by atoms with Crippen molar-refractivity contribution >= 4 is 11.9 Å². The number of guanidine groups is 1. The van der Waals surface area contributed by atoms with Crippen LogP contribution in [0.1, 0.15) is 31.2 Å². The van der Waals surface area contributed by atoms with E-state index in [1.54, 1.807) is 4.90 Å². The van der Waals surface area contributed by atoms with Crippen molar-refractivity contribution in [3.05, 3.63) is 59.7 Å². The number of carbonyl (C=O) groups is 1. The monoisotopic (exact) mass is 337 g/mol. The smallest absolute Gasteiger partial charge is 0.264 e. The van der Waals surface area contributed by atoms with Gasteiger partial charge in [0.1, 0.15) is 0 Å². The normalized spacial score (nSPS) is 29.0. The van der Waals surface area contributed by atoms with Gasteiger partial charge in [-0.1, -0.05) is 48.6 Å². The Morgan fingerprint density at radius 2 is 2.12 bits per heavy atom. The molecule has 2 heterocycles. The molecule has 0 spiro atoms. The molecule has 2 atom stereocenters. The van der Waals surface area contributed by atoms with Gasteiger partial charge < -0.3 is 10.1 Å². The van der Waals surface area contributed by atoms with E-state index in [0.717, 1.165) is 43.4 Å². The van der Waals surface area contributed by atoms with Crippen molar-refractivity contribution in [2.45, 2.75) is 37.3 Å². The standard InChI is InChI=1S/C20H23N3O2/c21-19-22-20(15-8-3-1-4-9-15,16-10-5-2-6-11-16)18(24)23(19)14-17-12-7-13-25-17/h1,3-5,8-11,17H,2,6-7,12-14H2,(H2,21,22). The molecule has 2 saturated heterocycles. The highest BCUT2D eigenvalue weighted by Crippen LogP contribution is 2.38. The van der Waals surface area contributed by atoms with Crippen LogP contribution in [-0.4, -0.2) is 36.0 Å². The highest BCUT2D eigenvalue weighted by atomic mass is 16.5. The lowest BCUT2D eigenvalue weighted by atomic mass is 9.80. The quantitative estimate of drug-likeness (QED) is 0.888. The van der Waals surface area contributed by atoms with Crippen LogP contribution >= 0.6 is 0 Å². The number of hydrogen-bond donors (Lipinski definition) is 2. The predicted molar refractivity (Wildman–Crippen MR) is 96.1 cm³/mol. The van der Waals surface area contributed by atoms with Gasteiger partial charge in [-0.3, -0.25) is 15.1 Å². The van der Waals surface area contributed by atoms with Gasteiger partial charge in [-0.05, 0) is 36.8 Å². The SMILES string of the molecule is N=C1NC(C2=CCCC=C2)(c2ccccc2)C(=O)N1CC1CCCO1. The van der Waals surface area contributed by atoms with E-state index in [9.17, 15) is 4.79 Å². The van der Waals surface area contributed by atoms with Crippen LogP contribution in [0.3, 0.4) is 0 Å². The van der Waals surface area contributed by atoms with Gasteiger partial charge >= 0.3 is 0 Å². The lowest BCUT2D eigenvalue weighted by Gasteiger charge is -2.30. The van der Waals surface area contributed by atoms with Crippen molar-refractivity contribution in [2.24, 2.45) is 0 Å². The number of amides is 1. The Morgan fingerprint density at radius 1 is 1.28 bits per heavy atom. The first-order valence-corrected chi connectivity index (χ1v) is 8.95. The molecule has 1 aliphatic carbocycles. The van der Waals surface area contributed by atoms with Crippen molar-refractivity contribution < 1.29 is 9.53 Å². The summed E-state index contributed by atoms with van der Waals surface area (Å²) in [5, 5.41) is 11.6. The third-order valence-electron chi connectivity index (χ3n) is 5.19. The first-order valence-electron chi connectivity index (χ1n) is 8.95. The molecule has 2 N–H and O–H groups in total. The number of benzene rings is 1. The number of rotatable bonds is 4. The molecule has 1 amide bonds. The number of nitrogens with zero attached hydrogens (tertiary/aromatic N) is 1. The first-order chi connectivity index (χ1) is 12.2. The minimum atomic E-state index is -1.01. The summed E-state index contributed by atoms with van der Waals surface area (Å²) >= 11 is 0. The zero-order valence-corrected chi connectivity index (χ0v) is 14.2. The van der Waals surface area contributed by atoms with Gasteiger partial charge in [0, 0.05) is 6.61 Å². The predicted octanol–water partition coefficient (Wildman–Crippen LogP) is 2.70. The van der Waals surface area contributed by atoms with Crippen LogP contribution in [0.15, 0.2) is 54.1 Å². The van der Waals surface area contributed by atoms with E-state index < -0.39 is 5.54 Å². The van der Waals surface area contributed by atoms with Crippen LogP contribution in [0.2, 0.25) is 0 Å².